The Bertz CT molecular complexity index is 244. The van der Waals surface area contributed by atoms with E-state index in [1.165, 1.54) is 38.6 Å². The van der Waals surface area contributed by atoms with Crippen LogP contribution in [0.2, 0.25) is 0 Å². The fraction of sp³-hybridized carbons (Fsp3) is 1.00. The van der Waals surface area contributed by atoms with E-state index in [0.717, 1.165) is 18.5 Å². The summed E-state index contributed by atoms with van der Waals surface area (Å²) >= 11 is 0. The van der Waals surface area contributed by atoms with Gasteiger partial charge in [0.25, 0.3) is 0 Å². The smallest absolute Gasteiger partial charge is 0.0112 e. The monoisotopic (exact) mass is 268 g/mol. The molecule has 19 heavy (non-hydrogen) atoms. The van der Waals surface area contributed by atoms with E-state index < -0.39 is 0 Å². The highest BCUT2D eigenvalue weighted by Gasteiger charge is 2.29. The van der Waals surface area contributed by atoms with Gasteiger partial charge < -0.3 is 10.2 Å². The van der Waals surface area contributed by atoms with Gasteiger partial charge in [0.05, 0.1) is 0 Å². The van der Waals surface area contributed by atoms with Gasteiger partial charge in [0, 0.05) is 18.6 Å². The summed E-state index contributed by atoms with van der Waals surface area (Å²) in [6, 6.07) is 1.38. The fourth-order valence-corrected chi connectivity index (χ4v) is 3.32. The SMILES string of the molecule is CCNC1CCCCCC1CN(C)C(C)C(C)(C)C. The molecule has 0 aromatic heterocycles. The molecule has 2 nitrogen and oxygen atoms in total. The van der Waals surface area contributed by atoms with Crippen LogP contribution in [0.25, 0.3) is 0 Å². The molecule has 2 heteroatoms. The first-order valence-corrected chi connectivity index (χ1v) is 8.30. The quantitative estimate of drug-likeness (QED) is 0.761. The van der Waals surface area contributed by atoms with Crippen LogP contribution < -0.4 is 5.32 Å². The molecule has 1 aliphatic rings. The minimum atomic E-state index is 0.368. The molecule has 0 heterocycles. The van der Waals surface area contributed by atoms with Crippen LogP contribution >= 0.6 is 0 Å². The van der Waals surface area contributed by atoms with Gasteiger partial charge in [-0.2, -0.15) is 0 Å². The van der Waals surface area contributed by atoms with Gasteiger partial charge in [0.1, 0.15) is 0 Å². The molecule has 0 radical (unpaired) electrons. The molecule has 0 aromatic rings. The van der Waals surface area contributed by atoms with Crippen molar-refractivity contribution in [1.82, 2.24) is 10.2 Å². The van der Waals surface area contributed by atoms with Crippen molar-refractivity contribution < 1.29 is 0 Å². The highest BCUT2D eigenvalue weighted by Crippen LogP contribution is 2.28. The predicted molar refractivity (Wildman–Crippen MR) is 85.6 cm³/mol. The lowest BCUT2D eigenvalue weighted by Gasteiger charge is -2.39. The zero-order valence-electron chi connectivity index (χ0n) is 14.1. The summed E-state index contributed by atoms with van der Waals surface area (Å²) in [7, 11) is 2.31. The van der Waals surface area contributed by atoms with Crippen LogP contribution in [0.15, 0.2) is 0 Å². The largest absolute Gasteiger partial charge is 0.314 e. The molecule has 114 valence electrons. The van der Waals surface area contributed by atoms with Crippen molar-refractivity contribution in [2.24, 2.45) is 11.3 Å². The lowest BCUT2D eigenvalue weighted by molar-refractivity contribution is 0.110. The van der Waals surface area contributed by atoms with Crippen molar-refractivity contribution in [1.29, 1.82) is 0 Å². The topological polar surface area (TPSA) is 15.3 Å². The van der Waals surface area contributed by atoms with Crippen LogP contribution in [0.1, 0.15) is 66.7 Å². The van der Waals surface area contributed by atoms with Gasteiger partial charge in [-0.15, -0.1) is 0 Å². The Labute approximate surface area is 121 Å². The molecule has 0 bridgehead atoms. The van der Waals surface area contributed by atoms with Crippen molar-refractivity contribution in [3.05, 3.63) is 0 Å². The van der Waals surface area contributed by atoms with E-state index >= 15 is 0 Å². The molecule has 0 amide bonds. The Balaban J connectivity index is 2.60. The lowest BCUT2D eigenvalue weighted by Crippen LogP contribution is -2.46. The summed E-state index contributed by atoms with van der Waals surface area (Å²) in [4.78, 5) is 2.58. The summed E-state index contributed by atoms with van der Waals surface area (Å²) in [6.45, 7) is 14.0. The Kier molecular flexibility index (Phi) is 6.82. The van der Waals surface area contributed by atoms with Crippen molar-refractivity contribution in [2.75, 3.05) is 20.1 Å². The second-order valence-electron chi connectivity index (χ2n) is 7.54. The third-order valence-corrected chi connectivity index (χ3v) is 5.06. The standard InChI is InChI=1S/C17H36N2/c1-7-18-16-12-10-8-9-11-15(16)13-19(6)14(2)17(3,4)5/h14-16,18H,7-13H2,1-6H3. The molecule has 3 atom stereocenters. The van der Waals surface area contributed by atoms with Crippen LogP contribution in [-0.4, -0.2) is 37.1 Å². The van der Waals surface area contributed by atoms with Crippen molar-refractivity contribution in [3.8, 4) is 0 Å². The van der Waals surface area contributed by atoms with E-state index in [0.29, 0.717) is 11.5 Å². The molecule has 0 saturated heterocycles. The van der Waals surface area contributed by atoms with Gasteiger partial charge >= 0.3 is 0 Å². The molecule has 1 N–H and O–H groups in total. The van der Waals surface area contributed by atoms with Gasteiger partial charge in [0.15, 0.2) is 0 Å². The lowest BCUT2D eigenvalue weighted by atomic mass is 9.85. The van der Waals surface area contributed by atoms with Gasteiger partial charge in [0.2, 0.25) is 0 Å². The maximum Gasteiger partial charge on any atom is 0.0112 e. The van der Waals surface area contributed by atoms with Crippen LogP contribution in [-0.2, 0) is 0 Å². The summed E-state index contributed by atoms with van der Waals surface area (Å²) in [5, 5.41) is 3.73. The molecule has 1 saturated carbocycles. The molecular formula is C17H36N2. The molecule has 0 aliphatic heterocycles. The Morgan fingerprint density at radius 2 is 1.79 bits per heavy atom. The van der Waals surface area contributed by atoms with E-state index in [4.69, 9.17) is 0 Å². The van der Waals surface area contributed by atoms with Gasteiger partial charge in [-0.1, -0.05) is 47.0 Å². The van der Waals surface area contributed by atoms with Crippen LogP contribution in [0.5, 0.6) is 0 Å². The third kappa shape index (κ3) is 5.43. The van der Waals surface area contributed by atoms with Crippen molar-refractivity contribution in [3.63, 3.8) is 0 Å². The maximum atomic E-state index is 3.73. The summed E-state index contributed by atoms with van der Waals surface area (Å²) < 4.78 is 0. The highest BCUT2D eigenvalue weighted by atomic mass is 15.1. The normalized spacial score (nSPS) is 27.3. The average molecular weight is 268 g/mol. The minimum absolute atomic E-state index is 0.368. The van der Waals surface area contributed by atoms with Crippen LogP contribution in [0.4, 0.5) is 0 Å². The van der Waals surface area contributed by atoms with Crippen molar-refractivity contribution >= 4 is 0 Å². The summed E-state index contributed by atoms with van der Waals surface area (Å²) in [5.41, 5.74) is 0.368. The molecule has 0 aromatic carbocycles. The van der Waals surface area contributed by atoms with Gasteiger partial charge in [-0.3, -0.25) is 0 Å². The second-order valence-corrected chi connectivity index (χ2v) is 7.54. The summed E-state index contributed by atoms with van der Waals surface area (Å²) in [6.07, 6.45) is 7.03. The molecule has 3 unspecified atom stereocenters. The molecule has 1 rings (SSSR count). The fourth-order valence-electron chi connectivity index (χ4n) is 3.32. The number of hydrogen-bond donors (Lipinski definition) is 1. The average Bonchev–Trinajstić information content (AvgIpc) is 2.53. The number of rotatable bonds is 5. The number of nitrogens with zero attached hydrogens (tertiary/aromatic N) is 1. The van der Waals surface area contributed by atoms with E-state index in [1.807, 2.05) is 0 Å². The van der Waals surface area contributed by atoms with E-state index in [9.17, 15) is 0 Å². The Morgan fingerprint density at radius 3 is 2.37 bits per heavy atom. The first-order chi connectivity index (χ1) is 8.86. The van der Waals surface area contributed by atoms with Crippen LogP contribution in [0.3, 0.4) is 0 Å². The number of hydrogen-bond acceptors (Lipinski definition) is 2. The Morgan fingerprint density at radius 1 is 1.16 bits per heavy atom. The minimum Gasteiger partial charge on any atom is -0.314 e. The third-order valence-electron chi connectivity index (χ3n) is 5.06. The van der Waals surface area contributed by atoms with E-state index in [-0.39, 0.29) is 0 Å². The zero-order valence-corrected chi connectivity index (χ0v) is 14.1. The first kappa shape index (κ1) is 17.0. The van der Waals surface area contributed by atoms with Gasteiger partial charge in [-0.25, -0.2) is 0 Å². The van der Waals surface area contributed by atoms with Gasteiger partial charge in [-0.05, 0) is 44.7 Å². The number of nitrogens with one attached hydrogen (secondary N) is 1. The van der Waals surface area contributed by atoms with E-state index in [2.05, 4.69) is 51.9 Å². The second kappa shape index (κ2) is 7.64. The Hall–Kier alpha value is -0.0800. The zero-order chi connectivity index (χ0) is 14.5. The maximum absolute atomic E-state index is 3.73. The highest BCUT2D eigenvalue weighted by molar-refractivity contribution is 4.84. The first-order valence-electron chi connectivity index (χ1n) is 8.30. The molecule has 1 fully saturated rings. The summed E-state index contributed by atoms with van der Waals surface area (Å²) in [5.74, 6) is 0.831. The molecule has 0 spiro atoms. The van der Waals surface area contributed by atoms with Crippen LogP contribution in [0, 0.1) is 11.3 Å². The predicted octanol–water partition coefficient (Wildman–Crippen LogP) is 3.91. The molecule has 1 aliphatic carbocycles. The van der Waals surface area contributed by atoms with E-state index in [1.54, 1.807) is 0 Å². The molecular weight excluding hydrogens is 232 g/mol. The van der Waals surface area contributed by atoms with Crippen molar-refractivity contribution in [2.45, 2.75) is 78.8 Å².